The molecule has 6 heteroatoms. The molecule has 0 spiro atoms. The maximum absolute atomic E-state index is 12.8. The van der Waals surface area contributed by atoms with Crippen LogP contribution >= 0.6 is 0 Å². The number of ether oxygens (including phenoxy) is 3. The number of carbonyl (C=O) groups is 3. The lowest BCUT2D eigenvalue weighted by Gasteiger charge is -2.18. The van der Waals surface area contributed by atoms with E-state index in [1.807, 2.05) is 0 Å². The van der Waals surface area contributed by atoms with Crippen LogP contribution in [0.2, 0.25) is 0 Å². The van der Waals surface area contributed by atoms with Gasteiger partial charge in [0.1, 0.15) is 13.2 Å². The van der Waals surface area contributed by atoms with Gasteiger partial charge in [0.15, 0.2) is 6.10 Å². The molecule has 0 aliphatic carbocycles. The Bertz CT molecular complexity index is 916. The van der Waals surface area contributed by atoms with Crippen LogP contribution in [0.3, 0.4) is 0 Å². The fourth-order valence-electron chi connectivity index (χ4n) is 8.17. The molecule has 6 nitrogen and oxygen atoms in total. The molecule has 0 bridgehead atoms. The molecular formula is C54H104O6. The van der Waals surface area contributed by atoms with E-state index in [9.17, 15) is 14.4 Å². The Morgan fingerprint density at radius 2 is 0.550 bits per heavy atom. The van der Waals surface area contributed by atoms with E-state index in [2.05, 4.69) is 34.6 Å². The number of rotatable bonds is 48. The van der Waals surface area contributed by atoms with Gasteiger partial charge < -0.3 is 14.2 Å². The molecule has 0 amide bonds. The topological polar surface area (TPSA) is 78.9 Å². The Hall–Kier alpha value is -1.59. The van der Waals surface area contributed by atoms with Crippen molar-refractivity contribution in [3.63, 3.8) is 0 Å². The van der Waals surface area contributed by atoms with Crippen molar-refractivity contribution in [3.05, 3.63) is 0 Å². The molecule has 1 atom stereocenters. The summed E-state index contributed by atoms with van der Waals surface area (Å²) in [6, 6.07) is 0. The van der Waals surface area contributed by atoms with Crippen molar-refractivity contribution >= 4 is 17.9 Å². The molecule has 0 aromatic rings. The first kappa shape index (κ1) is 58.4. The molecule has 0 unspecified atom stereocenters. The second kappa shape index (κ2) is 46.9. The molecule has 0 aromatic carbocycles. The highest BCUT2D eigenvalue weighted by molar-refractivity contribution is 5.71. The first-order chi connectivity index (χ1) is 29.2. The van der Waals surface area contributed by atoms with E-state index < -0.39 is 6.10 Å². The van der Waals surface area contributed by atoms with Crippen LogP contribution in [0.4, 0.5) is 0 Å². The summed E-state index contributed by atoms with van der Waals surface area (Å²) in [5, 5.41) is 0. The molecule has 0 saturated heterocycles. The van der Waals surface area contributed by atoms with Crippen LogP contribution in [0.5, 0.6) is 0 Å². The Kier molecular flexibility index (Phi) is 45.7. The van der Waals surface area contributed by atoms with E-state index in [-0.39, 0.29) is 31.1 Å². The summed E-state index contributed by atoms with van der Waals surface area (Å²) in [6.45, 7) is 11.3. The van der Waals surface area contributed by atoms with Crippen LogP contribution < -0.4 is 0 Å². The smallest absolute Gasteiger partial charge is 0.306 e. The highest BCUT2D eigenvalue weighted by Gasteiger charge is 2.19. The maximum atomic E-state index is 12.8. The van der Waals surface area contributed by atoms with E-state index in [1.165, 1.54) is 186 Å². The van der Waals surface area contributed by atoms with Gasteiger partial charge in [-0.25, -0.2) is 0 Å². The molecule has 0 N–H and O–H groups in total. The fraction of sp³-hybridized carbons (Fsp3) is 0.944. The van der Waals surface area contributed by atoms with Crippen LogP contribution in [0.25, 0.3) is 0 Å². The largest absolute Gasteiger partial charge is 0.462 e. The number of esters is 3. The molecule has 60 heavy (non-hydrogen) atoms. The van der Waals surface area contributed by atoms with Crippen molar-refractivity contribution in [2.45, 2.75) is 304 Å². The second-order valence-electron chi connectivity index (χ2n) is 19.5. The number of hydrogen-bond acceptors (Lipinski definition) is 6. The highest BCUT2D eigenvalue weighted by Crippen LogP contribution is 2.18. The van der Waals surface area contributed by atoms with Gasteiger partial charge >= 0.3 is 17.9 Å². The lowest BCUT2D eigenvalue weighted by Crippen LogP contribution is -2.30. The van der Waals surface area contributed by atoms with E-state index in [0.717, 1.165) is 69.6 Å². The summed E-state index contributed by atoms with van der Waals surface area (Å²) in [7, 11) is 0. The molecule has 0 aromatic heterocycles. The van der Waals surface area contributed by atoms with E-state index in [1.54, 1.807) is 0 Å². The predicted octanol–water partition coefficient (Wildman–Crippen LogP) is 17.3. The zero-order valence-electron chi connectivity index (χ0n) is 41.1. The normalized spacial score (nSPS) is 12.1. The lowest BCUT2D eigenvalue weighted by molar-refractivity contribution is -0.167. The Labute approximate surface area is 374 Å². The molecule has 0 fully saturated rings. The van der Waals surface area contributed by atoms with Gasteiger partial charge in [0.05, 0.1) is 0 Å². The van der Waals surface area contributed by atoms with Crippen molar-refractivity contribution in [1.29, 1.82) is 0 Å². The second-order valence-corrected chi connectivity index (χ2v) is 19.5. The van der Waals surface area contributed by atoms with Crippen molar-refractivity contribution < 1.29 is 28.6 Å². The SMILES string of the molecule is CCCCCCCCCCCCCCC(=O)O[C@@H](COC(=O)CCCCCCCCCCCCCCCCCCCCC(C)C)COC(=O)CCCCCCCCC(C)C. The summed E-state index contributed by atoms with van der Waals surface area (Å²) in [5.41, 5.74) is 0. The first-order valence-corrected chi connectivity index (χ1v) is 26.7. The van der Waals surface area contributed by atoms with Gasteiger partial charge in [0, 0.05) is 19.3 Å². The van der Waals surface area contributed by atoms with Gasteiger partial charge in [0.2, 0.25) is 0 Å². The first-order valence-electron chi connectivity index (χ1n) is 26.7. The van der Waals surface area contributed by atoms with Crippen LogP contribution in [0.15, 0.2) is 0 Å². The summed E-state index contributed by atoms with van der Waals surface area (Å²) in [6.07, 6.45) is 48.3. The van der Waals surface area contributed by atoms with Crippen LogP contribution in [0.1, 0.15) is 298 Å². The molecule has 0 heterocycles. The number of unbranched alkanes of at least 4 members (excludes halogenated alkanes) is 33. The van der Waals surface area contributed by atoms with Crippen LogP contribution in [0, 0.1) is 11.8 Å². The third-order valence-electron chi connectivity index (χ3n) is 12.2. The van der Waals surface area contributed by atoms with Crippen molar-refractivity contribution in [2.24, 2.45) is 11.8 Å². The average molecular weight is 849 g/mol. The average Bonchev–Trinajstić information content (AvgIpc) is 3.22. The Morgan fingerprint density at radius 3 is 0.817 bits per heavy atom. The zero-order chi connectivity index (χ0) is 44.0. The molecule has 0 rings (SSSR count). The third kappa shape index (κ3) is 47.5. The van der Waals surface area contributed by atoms with Gasteiger partial charge in [-0.2, -0.15) is 0 Å². The van der Waals surface area contributed by atoms with Crippen molar-refractivity contribution in [1.82, 2.24) is 0 Å². The molecule has 0 aliphatic rings. The van der Waals surface area contributed by atoms with Crippen LogP contribution in [-0.4, -0.2) is 37.2 Å². The summed E-state index contributed by atoms with van der Waals surface area (Å²) >= 11 is 0. The molecule has 356 valence electrons. The van der Waals surface area contributed by atoms with Gasteiger partial charge in [-0.3, -0.25) is 14.4 Å². The molecule has 0 aliphatic heterocycles. The fourth-order valence-corrected chi connectivity index (χ4v) is 8.17. The monoisotopic (exact) mass is 849 g/mol. The van der Waals surface area contributed by atoms with Crippen molar-refractivity contribution in [3.8, 4) is 0 Å². The number of carbonyl (C=O) groups excluding carboxylic acids is 3. The molecule has 0 radical (unpaired) electrons. The van der Waals surface area contributed by atoms with E-state index in [0.29, 0.717) is 19.3 Å². The van der Waals surface area contributed by atoms with Gasteiger partial charge in [-0.05, 0) is 31.1 Å². The zero-order valence-corrected chi connectivity index (χ0v) is 41.1. The van der Waals surface area contributed by atoms with Crippen molar-refractivity contribution in [2.75, 3.05) is 13.2 Å². The minimum atomic E-state index is -0.761. The maximum Gasteiger partial charge on any atom is 0.306 e. The molecule has 0 saturated carbocycles. The minimum Gasteiger partial charge on any atom is -0.462 e. The van der Waals surface area contributed by atoms with Gasteiger partial charge in [-0.15, -0.1) is 0 Å². The number of hydrogen-bond donors (Lipinski definition) is 0. The summed E-state index contributed by atoms with van der Waals surface area (Å²) in [5.74, 6) is 0.771. The summed E-state index contributed by atoms with van der Waals surface area (Å²) in [4.78, 5) is 37.9. The Morgan fingerprint density at radius 1 is 0.317 bits per heavy atom. The highest BCUT2D eigenvalue weighted by atomic mass is 16.6. The van der Waals surface area contributed by atoms with Crippen LogP contribution in [-0.2, 0) is 28.6 Å². The van der Waals surface area contributed by atoms with Gasteiger partial charge in [-0.1, -0.05) is 259 Å². The molecular weight excluding hydrogens is 745 g/mol. The van der Waals surface area contributed by atoms with E-state index in [4.69, 9.17) is 14.2 Å². The summed E-state index contributed by atoms with van der Waals surface area (Å²) < 4.78 is 16.8. The van der Waals surface area contributed by atoms with E-state index >= 15 is 0 Å². The minimum absolute atomic E-state index is 0.0641. The predicted molar refractivity (Wildman–Crippen MR) is 256 cm³/mol. The Balaban J connectivity index is 4.17. The van der Waals surface area contributed by atoms with Gasteiger partial charge in [0.25, 0.3) is 0 Å². The standard InChI is InChI=1S/C54H104O6/c1-6-7-8-9-10-11-12-22-26-29-36-41-46-54(57)60-51(48-59-53(56)45-40-35-31-30-33-38-43-50(4)5)47-58-52(55)44-39-34-28-25-23-20-18-16-14-13-15-17-19-21-24-27-32-37-42-49(2)3/h49-51H,6-48H2,1-5H3/t51-/m0/s1. The lowest BCUT2D eigenvalue weighted by atomic mass is 10.0. The quantitative estimate of drug-likeness (QED) is 0.0345. The third-order valence-corrected chi connectivity index (χ3v) is 12.2.